The predicted molar refractivity (Wildman–Crippen MR) is 99.7 cm³/mol. The molecule has 2 aromatic rings. The van der Waals surface area contributed by atoms with Crippen molar-refractivity contribution in [3.8, 4) is 0 Å². The van der Waals surface area contributed by atoms with Gasteiger partial charge < -0.3 is 9.47 Å². The van der Waals surface area contributed by atoms with Crippen molar-refractivity contribution in [2.75, 3.05) is 26.2 Å². The van der Waals surface area contributed by atoms with Crippen LogP contribution in [0, 0.1) is 12.7 Å². The monoisotopic (exact) mass is 413 g/mol. The second-order valence-electron chi connectivity index (χ2n) is 6.29. The molecule has 2 heterocycles. The van der Waals surface area contributed by atoms with Crippen LogP contribution in [0.3, 0.4) is 0 Å². The number of amides is 1. The highest BCUT2D eigenvalue weighted by Gasteiger charge is 2.30. The summed E-state index contributed by atoms with van der Waals surface area (Å²) >= 11 is 1.10. The van der Waals surface area contributed by atoms with Crippen LogP contribution in [0.4, 0.5) is 4.39 Å². The predicted octanol–water partition coefficient (Wildman–Crippen LogP) is 1.28. The summed E-state index contributed by atoms with van der Waals surface area (Å²) in [4.78, 5) is 25.5. The van der Waals surface area contributed by atoms with Gasteiger partial charge in [0.15, 0.2) is 0 Å². The number of piperazine rings is 1. The number of hydrogen-bond acceptors (Lipinski definition) is 5. The van der Waals surface area contributed by atoms with E-state index in [0.717, 1.165) is 23.1 Å². The van der Waals surface area contributed by atoms with Gasteiger partial charge in [-0.15, -0.1) is 0 Å². The van der Waals surface area contributed by atoms with Gasteiger partial charge in [-0.05, 0) is 25.1 Å². The number of nitrogens with zero attached hydrogens (tertiary/aromatic N) is 3. The molecule has 0 radical (unpaired) electrons. The van der Waals surface area contributed by atoms with Gasteiger partial charge in [0.1, 0.15) is 5.82 Å². The molecule has 27 heavy (non-hydrogen) atoms. The fraction of sp³-hybridized carbons (Fsp3) is 0.412. The maximum atomic E-state index is 13.3. The summed E-state index contributed by atoms with van der Waals surface area (Å²) in [5.74, 6) is -0.723. The molecule has 0 N–H and O–H groups in total. The molecule has 1 amide bonds. The number of benzene rings is 1. The number of rotatable bonds is 5. The Labute approximate surface area is 160 Å². The summed E-state index contributed by atoms with van der Waals surface area (Å²) < 4.78 is 41.3. The fourth-order valence-electron chi connectivity index (χ4n) is 2.99. The van der Waals surface area contributed by atoms with E-state index in [1.807, 2.05) is 6.92 Å². The number of halogens is 1. The second kappa shape index (κ2) is 7.91. The number of aromatic nitrogens is 1. The molecule has 146 valence electrons. The van der Waals surface area contributed by atoms with Gasteiger partial charge in [0.05, 0.1) is 4.90 Å². The highest BCUT2D eigenvalue weighted by Crippen LogP contribution is 2.18. The van der Waals surface area contributed by atoms with E-state index in [1.54, 1.807) is 14.8 Å². The number of thiazole rings is 1. The summed E-state index contributed by atoms with van der Waals surface area (Å²) in [7, 11) is -3.78. The molecule has 0 aliphatic carbocycles. The molecule has 1 aromatic heterocycles. The molecule has 1 aromatic carbocycles. The first-order valence-electron chi connectivity index (χ1n) is 8.47. The molecule has 1 saturated heterocycles. The number of sulfonamides is 1. The van der Waals surface area contributed by atoms with Gasteiger partial charge in [0.2, 0.25) is 15.9 Å². The van der Waals surface area contributed by atoms with Gasteiger partial charge in [0.25, 0.3) is 0 Å². The van der Waals surface area contributed by atoms with Crippen LogP contribution in [0.25, 0.3) is 0 Å². The molecule has 0 unspecified atom stereocenters. The van der Waals surface area contributed by atoms with Crippen molar-refractivity contribution in [1.82, 2.24) is 13.8 Å². The summed E-state index contributed by atoms with van der Waals surface area (Å²) in [6, 6.07) is 4.90. The van der Waals surface area contributed by atoms with Crippen LogP contribution in [-0.2, 0) is 21.4 Å². The Hall–Kier alpha value is -2.04. The van der Waals surface area contributed by atoms with Crippen LogP contribution in [-0.4, -0.2) is 54.3 Å². The normalized spacial score (nSPS) is 15.9. The summed E-state index contributed by atoms with van der Waals surface area (Å²) in [5, 5.41) is 1.75. The van der Waals surface area contributed by atoms with Crippen molar-refractivity contribution in [2.24, 2.45) is 0 Å². The van der Waals surface area contributed by atoms with Crippen LogP contribution in [0.15, 0.2) is 39.3 Å². The second-order valence-corrected chi connectivity index (χ2v) is 9.05. The lowest BCUT2D eigenvalue weighted by Gasteiger charge is -2.34. The van der Waals surface area contributed by atoms with E-state index in [2.05, 4.69) is 0 Å². The van der Waals surface area contributed by atoms with Gasteiger partial charge in [-0.2, -0.15) is 4.31 Å². The first kappa shape index (κ1) is 19.7. The molecule has 1 fully saturated rings. The quantitative estimate of drug-likeness (QED) is 0.740. The van der Waals surface area contributed by atoms with Crippen LogP contribution in [0.1, 0.15) is 12.1 Å². The number of hydrogen-bond donors (Lipinski definition) is 0. The van der Waals surface area contributed by atoms with Crippen molar-refractivity contribution >= 4 is 27.3 Å². The van der Waals surface area contributed by atoms with Crippen LogP contribution in [0.2, 0.25) is 0 Å². The van der Waals surface area contributed by atoms with E-state index in [-0.39, 0.29) is 48.3 Å². The van der Waals surface area contributed by atoms with Crippen LogP contribution >= 0.6 is 11.3 Å². The van der Waals surface area contributed by atoms with Crippen molar-refractivity contribution in [1.29, 1.82) is 0 Å². The number of carbonyl (C=O) groups is 1. The molecular weight excluding hydrogens is 393 g/mol. The minimum absolute atomic E-state index is 0.0883. The minimum Gasteiger partial charge on any atom is -0.340 e. The molecule has 0 saturated carbocycles. The van der Waals surface area contributed by atoms with E-state index >= 15 is 0 Å². The van der Waals surface area contributed by atoms with Crippen molar-refractivity contribution in [2.45, 2.75) is 24.8 Å². The number of aryl methyl sites for hydroxylation is 1. The van der Waals surface area contributed by atoms with E-state index in [9.17, 15) is 22.4 Å². The van der Waals surface area contributed by atoms with Gasteiger partial charge in [-0.25, -0.2) is 12.8 Å². The molecule has 0 atom stereocenters. The fourth-order valence-corrected chi connectivity index (χ4v) is 5.21. The first-order valence-corrected chi connectivity index (χ1v) is 10.8. The highest BCUT2D eigenvalue weighted by molar-refractivity contribution is 7.89. The van der Waals surface area contributed by atoms with Crippen LogP contribution < -0.4 is 4.87 Å². The summed E-state index contributed by atoms with van der Waals surface area (Å²) in [6.07, 6.45) is 0.189. The van der Waals surface area contributed by atoms with Crippen molar-refractivity contribution in [3.63, 3.8) is 0 Å². The van der Waals surface area contributed by atoms with Gasteiger partial charge in [-0.3, -0.25) is 9.59 Å². The molecule has 3 rings (SSSR count). The Morgan fingerprint density at radius 2 is 1.93 bits per heavy atom. The Morgan fingerprint density at radius 1 is 1.22 bits per heavy atom. The molecule has 1 aliphatic heterocycles. The third-order valence-corrected chi connectivity index (χ3v) is 7.33. The Balaban J connectivity index is 1.58. The highest BCUT2D eigenvalue weighted by atomic mass is 32.2. The molecule has 7 nitrogen and oxygen atoms in total. The van der Waals surface area contributed by atoms with E-state index in [1.165, 1.54) is 22.5 Å². The molecule has 1 aliphatic rings. The average molecular weight is 413 g/mol. The SMILES string of the molecule is Cc1csc(=O)n1CCC(=O)N1CCN(S(=O)(=O)c2cccc(F)c2)CC1. The van der Waals surface area contributed by atoms with Gasteiger partial charge in [0, 0.05) is 50.2 Å². The lowest BCUT2D eigenvalue weighted by Crippen LogP contribution is -2.50. The van der Waals surface area contributed by atoms with Crippen molar-refractivity contribution < 1.29 is 17.6 Å². The molecule has 0 spiro atoms. The zero-order chi connectivity index (χ0) is 19.6. The third kappa shape index (κ3) is 4.28. The first-order chi connectivity index (χ1) is 12.8. The third-order valence-electron chi connectivity index (χ3n) is 4.55. The lowest BCUT2D eigenvalue weighted by molar-refractivity contribution is -0.132. The van der Waals surface area contributed by atoms with E-state index < -0.39 is 15.8 Å². The lowest BCUT2D eigenvalue weighted by atomic mass is 10.3. The minimum atomic E-state index is -3.78. The zero-order valence-corrected chi connectivity index (χ0v) is 16.4. The topological polar surface area (TPSA) is 79.7 Å². The maximum absolute atomic E-state index is 13.3. The van der Waals surface area contributed by atoms with Crippen LogP contribution in [0.5, 0.6) is 0 Å². The van der Waals surface area contributed by atoms with Gasteiger partial charge >= 0.3 is 4.87 Å². The summed E-state index contributed by atoms with van der Waals surface area (Å²) in [5.41, 5.74) is 0.823. The Morgan fingerprint density at radius 3 is 2.52 bits per heavy atom. The van der Waals surface area contributed by atoms with E-state index in [0.29, 0.717) is 6.54 Å². The zero-order valence-electron chi connectivity index (χ0n) is 14.8. The Kier molecular flexibility index (Phi) is 5.78. The standard InChI is InChI=1S/C17H20FN3O4S2/c1-13-12-26-17(23)21(13)6-5-16(22)19-7-9-20(10-8-19)27(24,25)15-4-2-3-14(18)11-15/h2-4,11-12H,5-10H2,1H3. The largest absolute Gasteiger partial charge is 0.340 e. The number of carbonyl (C=O) groups excluding carboxylic acids is 1. The molecule has 0 bridgehead atoms. The maximum Gasteiger partial charge on any atom is 0.307 e. The molecular formula is C17H20FN3O4S2. The Bertz CT molecular complexity index is 992. The van der Waals surface area contributed by atoms with Crippen molar-refractivity contribution in [3.05, 3.63) is 50.8 Å². The smallest absolute Gasteiger partial charge is 0.307 e. The summed E-state index contributed by atoms with van der Waals surface area (Å²) in [6.45, 7) is 2.98. The average Bonchev–Trinajstić information content (AvgIpc) is 2.97. The van der Waals surface area contributed by atoms with Gasteiger partial charge in [-0.1, -0.05) is 17.4 Å². The van der Waals surface area contributed by atoms with E-state index in [4.69, 9.17) is 0 Å². The molecule has 10 heteroatoms.